The van der Waals surface area contributed by atoms with Crippen molar-refractivity contribution < 1.29 is 14.3 Å². The number of nitrogens with two attached hydrogens (primary N) is 1. The lowest BCUT2D eigenvalue weighted by Crippen LogP contribution is -2.31. The number of hydrogen-bond acceptors (Lipinski definition) is 5. The zero-order valence-electron chi connectivity index (χ0n) is 21.3. The van der Waals surface area contributed by atoms with Gasteiger partial charge in [-0.3, -0.25) is 14.8 Å². The van der Waals surface area contributed by atoms with Crippen molar-refractivity contribution in [2.45, 2.75) is 78.9 Å². The standard InChI is InChI=1S/C28H35N3O3/c1-8-33-23-13-18-14-27(4,5)31-22(24(18)20-15-28(6,7)34-25(20)23)12-17-9-10-19(26(29)32)21(11-17)30-16(2)3/h9-11,13H,8,12,14-15H2,1-7H3,(H2,29,32). The monoisotopic (exact) mass is 461 g/mol. The highest BCUT2D eigenvalue weighted by Crippen LogP contribution is 2.47. The average molecular weight is 462 g/mol. The van der Waals surface area contributed by atoms with E-state index in [0.717, 1.165) is 41.3 Å². The van der Waals surface area contributed by atoms with Crippen molar-refractivity contribution in [2.24, 2.45) is 15.7 Å². The van der Waals surface area contributed by atoms with Crippen LogP contribution in [0.5, 0.6) is 11.5 Å². The van der Waals surface area contributed by atoms with Crippen LogP contribution in [0, 0.1) is 0 Å². The quantitative estimate of drug-likeness (QED) is 0.586. The number of hydrogen-bond donors (Lipinski definition) is 1. The summed E-state index contributed by atoms with van der Waals surface area (Å²) in [6.07, 6.45) is 2.27. The first kappa shape index (κ1) is 24.0. The second kappa shape index (κ2) is 8.57. The van der Waals surface area contributed by atoms with Crippen molar-refractivity contribution in [3.63, 3.8) is 0 Å². The van der Waals surface area contributed by atoms with Crippen molar-refractivity contribution in [1.29, 1.82) is 0 Å². The fourth-order valence-corrected chi connectivity index (χ4v) is 5.01. The first-order valence-corrected chi connectivity index (χ1v) is 11.9. The van der Waals surface area contributed by atoms with E-state index in [1.54, 1.807) is 6.07 Å². The second-order valence-electron chi connectivity index (χ2n) is 10.7. The van der Waals surface area contributed by atoms with Gasteiger partial charge in [0.1, 0.15) is 5.60 Å². The summed E-state index contributed by atoms with van der Waals surface area (Å²) >= 11 is 0. The van der Waals surface area contributed by atoms with Crippen LogP contribution in [0.15, 0.2) is 34.3 Å². The van der Waals surface area contributed by atoms with Gasteiger partial charge >= 0.3 is 0 Å². The van der Waals surface area contributed by atoms with Crippen LogP contribution in [-0.4, -0.2) is 35.1 Å². The predicted molar refractivity (Wildman–Crippen MR) is 137 cm³/mol. The van der Waals surface area contributed by atoms with Crippen molar-refractivity contribution in [3.05, 3.63) is 52.1 Å². The molecule has 1 amide bonds. The number of fused-ring (bicyclic) bond motifs is 3. The van der Waals surface area contributed by atoms with E-state index < -0.39 is 5.91 Å². The number of carbonyl (C=O) groups excluding carboxylic acids is 1. The third kappa shape index (κ3) is 4.72. The van der Waals surface area contributed by atoms with Crippen LogP contribution in [0.4, 0.5) is 5.69 Å². The van der Waals surface area contributed by atoms with Gasteiger partial charge in [0, 0.05) is 35.4 Å². The van der Waals surface area contributed by atoms with Gasteiger partial charge in [0.2, 0.25) is 0 Å². The van der Waals surface area contributed by atoms with Gasteiger partial charge in [-0.2, -0.15) is 0 Å². The Bertz CT molecular complexity index is 1220. The largest absolute Gasteiger partial charge is 0.490 e. The van der Waals surface area contributed by atoms with E-state index in [2.05, 4.69) is 38.8 Å². The normalized spacial score (nSPS) is 17.2. The number of nitrogens with zero attached hydrogens (tertiary/aromatic N) is 2. The molecule has 0 saturated heterocycles. The summed E-state index contributed by atoms with van der Waals surface area (Å²) in [6, 6.07) is 7.81. The molecule has 34 heavy (non-hydrogen) atoms. The van der Waals surface area contributed by atoms with E-state index in [0.29, 0.717) is 24.3 Å². The molecule has 0 unspecified atom stereocenters. The SMILES string of the molecule is CCOc1cc2c(c3c1OC(C)(C)C3)C(Cc1ccc(C(N)=O)c(N=C(C)C)c1)=NC(C)(C)C2. The molecule has 2 aromatic carbocycles. The van der Waals surface area contributed by atoms with Crippen LogP contribution in [0.1, 0.15) is 81.1 Å². The smallest absolute Gasteiger partial charge is 0.250 e. The summed E-state index contributed by atoms with van der Waals surface area (Å²) < 4.78 is 12.3. The molecule has 0 bridgehead atoms. The van der Waals surface area contributed by atoms with Gasteiger partial charge in [0.05, 0.1) is 23.4 Å². The van der Waals surface area contributed by atoms with Crippen molar-refractivity contribution in [3.8, 4) is 11.5 Å². The topological polar surface area (TPSA) is 86.3 Å². The molecule has 2 heterocycles. The summed E-state index contributed by atoms with van der Waals surface area (Å²) in [4.78, 5) is 21.7. The van der Waals surface area contributed by atoms with E-state index >= 15 is 0 Å². The molecule has 180 valence electrons. The summed E-state index contributed by atoms with van der Waals surface area (Å²) in [5, 5.41) is 0. The van der Waals surface area contributed by atoms with E-state index in [1.807, 2.05) is 32.9 Å². The molecule has 0 fully saturated rings. The first-order valence-electron chi connectivity index (χ1n) is 11.9. The van der Waals surface area contributed by atoms with Gasteiger partial charge in [-0.25, -0.2) is 0 Å². The minimum atomic E-state index is -0.478. The molecule has 0 atom stereocenters. The van der Waals surface area contributed by atoms with Gasteiger partial charge < -0.3 is 15.2 Å². The van der Waals surface area contributed by atoms with Crippen LogP contribution in [0.25, 0.3) is 0 Å². The summed E-state index contributed by atoms with van der Waals surface area (Å²) in [7, 11) is 0. The Balaban J connectivity index is 1.84. The molecule has 2 aromatic rings. The fourth-order valence-electron chi connectivity index (χ4n) is 5.01. The molecule has 6 heteroatoms. The third-order valence-electron chi connectivity index (χ3n) is 6.10. The first-order chi connectivity index (χ1) is 15.9. The summed E-state index contributed by atoms with van der Waals surface area (Å²) in [5.74, 6) is 1.18. The second-order valence-corrected chi connectivity index (χ2v) is 10.7. The molecule has 0 aliphatic carbocycles. The van der Waals surface area contributed by atoms with Gasteiger partial charge in [-0.05, 0) is 84.2 Å². The summed E-state index contributed by atoms with van der Waals surface area (Å²) in [6.45, 7) is 14.9. The van der Waals surface area contributed by atoms with Crippen LogP contribution < -0.4 is 15.2 Å². The zero-order chi connectivity index (χ0) is 24.8. The molecule has 2 aliphatic heterocycles. The minimum absolute atomic E-state index is 0.233. The number of amides is 1. The Kier molecular flexibility index (Phi) is 6.05. The van der Waals surface area contributed by atoms with E-state index in [-0.39, 0.29) is 11.1 Å². The van der Waals surface area contributed by atoms with Crippen molar-refractivity contribution >= 4 is 23.0 Å². The number of aliphatic imine (C=N–C) groups is 2. The van der Waals surface area contributed by atoms with E-state index in [9.17, 15) is 4.79 Å². The zero-order valence-corrected chi connectivity index (χ0v) is 21.3. The van der Waals surface area contributed by atoms with E-state index in [1.165, 1.54) is 16.7 Å². The molecular formula is C28H35N3O3. The Hall–Kier alpha value is -3.15. The maximum absolute atomic E-state index is 11.9. The third-order valence-corrected chi connectivity index (χ3v) is 6.10. The highest BCUT2D eigenvalue weighted by molar-refractivity contribution is 6.07. The van der Waals surface area contributed by atoms with Gasteiger partial charge in [-0.1, -0.05) is 6.07 Å². The molecule has 4 rings (SSSR count). The Morgan fingerprint density at radius 3 is 2.56 bits per heavy atom. The molecular weight excluding hydrogens is 426 g/mol. The lowest BCUT2D eigenvalue weighted by molar-refractivity contribution is 0.100. The fraction of sp³-hybridized carbons (Fsp3) is 0.464. The molecule has 2 N–H and O–H groups in total. The van der Waals surface area contributed by atoms with E-state index in [4.69, 9.17) is 20.2 Å². The maximum atomic E-state index is 11.9. The van der Waals surface area contributed by atoms with Crippen molar-refractivity contribution in [1.82, 2.24) is 0 Å². The molecule has 0 radical (unpaired) electrons. The average Bonchev–Trinajstić information content (AvgIpc) is 3.01. The predicted octanol–water partition coefficient (Wildman–Crippen LogP) is 5.38. The highest BCUT2D eigenvalue weighted by atomic mass is 16.5. The number of benzene rings is 2. The lowest BCUT2D eigenvalue weighted by atomic mass is 9.81. The summed E-state index contributed by atoms with van der Waals surface area (Å²) in [5.41, 5.74) is 12.6. The van der Waals surface area contributed by atoms with Gasteiger partial charge in [0.15, 0.2) is 11.5 Å². The van der Waals surface area contributed by atoms with Gasteiger partial charge in [-0.15, -0.1) is 0 Å². The Labute approximate surface area is 202 Å². The minimum Gasteiger partial charge on any atom is -0.490 e. The maximum Gasteiger partial charge on any atom is 0.250 e. The molecule has 0 spiro atoms. The van der Waals surface area contributed by atoms with Crippen LogP contribution in [-0.2, 0) is 19.3 Å². The Morgan fingerprint density at radius 1 is 1.18 bits per heavy atom. The van der Waals surface area contributed by atoms with Crippen LogP contribution in [0.3, 0.4) is 0 Å². The number of rotatable bonds is 6. The number of ether oxygens (including phenoxy) is 2. The van der Waals surface area contributed by atoms with Crippen LogP contribution in [0.2, 0.25) is 0 Å². The number of primary amides is 1. The molecule has 6 nitrogen and oxygen atoms in total. The van der Waals surface area contributed by atoms with Gasteiger partial charge in [0.25, 0.3) is 5.91 Å². The van der Waals surface area contributed by atoms with Crippen LogP contribution >= 0.6 is 0 Å². The Morgan fingerprint density at radius 2 is 1.91 bits per heavy atom. The highest BCUT2D eigenvalue weighted by Gasteiger charge is 2.39. The van der Waals surface area contributed by atoms with Crippen molar-refractivity contribution in [2.75, 3.05) is 6.61 Å². The molecule has 2 aliphatic rings. The number of carbonyl (C=O) groups is 1. The molecule has 0 saturated carbocycles. The molecule has 0 aromatic heterocycles. The lowest BCUT2D eigenvalue weighted by Gasteiger charge is -2.31.